The first-order valence-corrected chi connectivity index (χ1v) is 9.45. The van der Waals surface area contributed by atoms with Crippen molar-refractivity contribution in [1.82, 2.24) is 0 Å². The Morgan fingerprint density at radius 2 is 1.67 bits per heavy atom. The van der Waals surface area contributed by atoms with E-state index < -0.39 is 0 Å². The van der Waals surface area contributed by atoms with Gasteiger partial charge in [0.05, 0.1) is 19.3 Å². The standard InChI is InChI=1S/C21H34O3/c1-3-4-13-16-19-20(24-19)17-14-11-9-7-5-6-8-10-12-15-18-21(22)23-2/h5,7-8,10-11,14,19-20H,3-4,6,9,12-13,15-18H2,1-2H3/b7-5-,10-8-,14-11-/t19-,20-/m0/s1. The van der Waals surface area contributed by atoms with Crippen molar-refractivity contribution in [2.45, 2.75) is 83.3 Å². The van der Waals surface area contributed by atoms with Crippen LogP contribution in [0, 0.1) is 0 Å². The van der Waals surface area contributed by atoms with E-state index in [2.05, 4.69) is 48.1 Å². The molecule has 0 radical (unpaired) electrons. The molecule has 0 spiro atoms. The molecule has 3 nitrogen and oxygen atoms in total. The number of hydrogen-bond acceptors (Lipinski definition) is 3. The number of rotatable bonds is 14. The minimum atomic E-state index is -0.126. The summed E-state index contributed by atoms with van der Waals surface area (Å²) < 4.78 is 10.3. The minimum absolute atomic E-state index is 0.126. The molecule has 1 saturated heterocycles. The molecule has 0 aromatic heterocycles. The number of carbonyl (C=O) groups is 1. The Kier molecular flexibility index (Phi) is 12.1. The predicted molar refractivity (Wildman–Crippen MR) is 99.9 cm³/mol. The molecule has 2 atom stereocenters. The summed E-state index contributed by atoms with van der Waals surface area (Å²) in [5.41, 5.74) is 0. The fraction of sp³-hybridized carbons (Fsp3) is 0.667. The average molecular weight is 335 g/mol. The van der Waals surface area contributed by atoms with Gasteiger partial charge in [-0.2, -0.15) is 0 Å². The van der Waals surface area contributed by atoms with Gasteiger partial charge in [-0.25, -0.2) is 0 Å². The van der Waals surface area contributed by atoms with Crippen molar-refractivity contribution in [1.29, 1.82) is 0 Å². The third-order valence-corrected chi connectivity index (χ3v) is 4.17. The number of unbranched alkanes of at least 4 members (excludes halogenated alkanes) is 3. The normalized spacial score (nSPS) is 20.4. The number of methoxy groups -OCH3 is 1. The van der Waals surface area contributed by atoms with Crippen molar-refractivity contribution >= 4 is 5.97 Å². The van der Waals surface area contributed by atoms with Gasteiger partial charge >= 0.3 is 5.97 Å². The van der Waals surface area contributed by atoms with Crippen molar-refractivity contribution < 1.29 is 14.3 Å². The van der Waals surface area contributed by atoms with Crippen molar-refractivity contribution in [3.8, 4) is 0 Å². The van der Waals surface area contributed by atoms with Crippen LogP contribution < -0.4 is 0 Å². The summed E-state index contributed by atoms with van der Waals surface area (Å²) in [5, 5.41) is 0. The maximum atomic E-state index is 10.9. The van der Waals surface area contributed by atoms with Crippen LogP contribution in [0.4, 0.5) is 0 Å². The van der Waals surface area contributed by atoms with Gasteiger partial charge in [0.2, 0.25) is 0 Å². The second-order valence-corrected chi connectivity index (χ2v) is 6.30. The molecule has 3 heteroatoms. The summed E-state index contributed by atoms with van der Waals surface area (Å²) in [6.07, 6.45) is 24.6. The monoisotopic (exact) mass is 334 g/mol. The highest BCUT2D eigenvalue weighted by Gasteiger charge is 2.36. The lowest BCUT2D eigenvalue weighted by Crippen LogP contribution is -1.98. The van der Waals surface area contributed by atoms with Crippen LogP contribution in [0.5, 0.6) is 0 Å². The lowest BCUT2D eigenvalue weighted by molar-refractivity contribution is -0.140. The van der Waals surface area contributed by atoms with E-state index in [1.807, 2.05) is 0 Å². The zero-order valence-electron chi connectivity index (χ0n) is 15.4. The molecule has 1 fully saturated rings. The molecule has 1 aliphatic rings. The molecule has 1 aliphatic heterocycles. The molecule has 0 amide bonds. The highest BCUT2D eigenvalue weighted by molar-refractivity contribution is 5.69. The van der Waals surface area contributed by atoms with Gasteiger partial charge in [0.25, 0.3) is 0 Å². The van der Waals surface area contributed by atoms with E-state index in [0.717, 1.165) is 32.1 Å². The quantitative estimate of drug-likeness (QED) is 0.182. The number of esters is 1. The van der Waals surface area contributed by atoms with Gasteiger partial charge in [0.1, 0.15) is 0 Å². The van der Waals surface area contributed by atoms with Crippen LogP contribution in [0.25, 0.3) is 0 Å². The number of epoxide rings is 1. The largest absolute Gasteiger partial charge is 0.469 e. The van der Waals surface area contributed by atoms with Crippen LogP contribution in [-0.4, -0.2) is 25.3 Å². The Morgan fingerprint density at radius 1 is 0.958 bits per heavy atom. The van der Waals surface area contributed by atoms with Crippen LogP contribution in [-0.2, 0) is 14.3 Å². The first kappa shape index (κ1) is 20.7. The number of hydrogen-bond donors (Lipinski definition) is 0. The van der Waals surface area contributed by atoms with E-state index in [1.54, 1.807) is 0 Å². The molecule has 0 aliphatic carbocycles. The summed E-state index contributed by atoms with van der Waals surface area (Å²) in [5.74, 6) is -0.126. The molecule has 0 aromatic rings. The second kappa shape index (κ2) is 14.0. The molecular weight excluding hydrogens is 300 g/mol. The average Bonchev–Trinajstić information content (AvgIpc) is 3.34. The third kappa shape index (κ3) is 11.2. The zero-order chi connectivity index (χ0) is 17.5. The minimum Gasteiger partial charge on any atom is -0.469 e. The molecule has 0 bridgehead atoms. The van der Waals surface area contributed by atoms with E-state index in [9.17, 15) is 4.79 Å². The first-order chi connectivity index (χ1) is 11.8. The van der Waals surface area contributed by atoms with E-state index >= 15 is 0 Å². The van der Waals surface area contributed by atoms with Crippen molar-refractivity contribution in [2.75, 3.05) is 7.11 Å². The van der Waals surface area contributed by atoms with Crippen LogP contribution in [0.15, 0.2) is 36.5 Å². The molecule has 136 valence electrons. The summed E-state index contributed by atoms with van der Waals surface area (Å²) in [6.45, 7) is 2.24. The van der Waals surface area contributed by atoms with Crippen LogP contribution in [0.3, 0.4) is 0 Å². The summed E-state index contributed by atoms with van der Waals surface area (Å²) >= 11 is 0. The van der Waals surface area contributed by atoms with Crippen molar-refractivity contribution in [2.24, 2.45) is 0 Å². The van der Waals surface area contributed by atoms with Gasteiger partial charge in [-0.15, -0.1) is 0 Å². The lowest BCUT2D eigenvalue weighted by Gasteiger charge is -1.95. The fourth-order valence-electron chi connectivity index (χ4n) is 2.59. The van der Waals surface area contributed by atoms with Gasteiger partial charge < -0.3 is 9.47 Å². The highest BCUT2D eigenvalue weighted by Crippen LogP contribution is 2.30. The van der Waals surface area contributed by atoms with E-state index in [0.29, 0.717) is 18.6 Å². The smallest absolute Gasteiger partial charge is 0.305 e. The first-order valence-electron chi connectivity index (χ1n) is 9.45. The summed E-state index contributed by atoms with van der Waals surface area (Å²) in [4.78, 5) is 10.9. The number of ether oxygens (including phenoxy) is 2. The number of carbonyl (C=O) groups excluding carboxylic acids is 1. The zero-order valence-corrected chi connectivity index (χ0v) is 15.4. The number of allylic oxidation sites excluding steroid dienone is 5. The maximum Gasteiger partial charge on any atom is 0.305 e. The molecule has 0 N–H and O–H groups in total. The summed E-state index contributed by atoms with van der Waals surface area (Å²) in [6, 6.07) is 0. The molecule has 24 heavy (non-hydrogen) atoms. The van der Waals surface area contributed by atoms with E-state index in [-0.39, 0.29) is 5.97 Å². The van der Waals surface area contributed by atoms with Crippen LogP contribution in [0.1, 0.15) is 71.1 Å². The topological polar surface area (TPSA) is 38.8 Å². The van der Waals surface area contributed by atoms with Crippen LogP contribution >= 0.6 is 0 Å². The molecule has 0 aromatic carbocycles. The Labute approximate surface area is 147 Å². The Hall–Kier alpha value is -1.35. The predicted octanol–water partition coefficient (Wildman–Crippen LogP) is 5.52. The fourth-order valence-corrected chi connectivity index (χ4v) is 2.59. The SMILES string of the molecule is CCCCC[C@@H]1O[C@H]1C/C=C\C/C=C\C/C=C\CCCC(=O)OC. The second-order valence-electron chi connectivity index (χ2n) is 6.30. The van der Waals surface area contributed by atoms with Crippen molar-refractivity contribution in [3.63, 3.8) is 0 Å². The summed E-state index contributed by atoms with van der Waals surface area (Å²) in [7, 11) is 1.43. The van der Waals surface area contributed by atoms with Gasteiger partial charge in [0, 0.05) is 6.42 Å². The molecule has 1 rings (SSSR count). The van der Waals surface area contributed by atoms with Crippen LogP contribution in [0.2, 0.25) is 0 Å². The molecule has 0 saturated carbocycles. The Balaban J connectivity index is 1.90. The molecule has 0 unspecified atom stereocenters. The van der Waals surface area contributed by atoms with Gasteiger partial charge in [-0.3, -0.25) is 4.79 Å². The third-order valence-electron chi connectivity index (χ3n) is 4.17. The van der Waals surface area contributed by atoms with E-state index in [4.69, 9.17) is 4.74 Å². The van der Waals surface area contributed by atoms with Gasteiger partial charge in [0.15, 0.2) is 0 Å². The van der Waals surface area contributed by atoms with E-state index in [1.165, 1.54) is 32.8 Å². The lowest BCUT2D eigenvalue weighted by atomic mass is 10.1. The Bertz CT molecular complexity index is 409. The molecular formula is C21H34O3. The Morgan fingerprint density at radius 3 is 2.38 bits per heavy atom. The molecule has 1 heterocycles. The highest BCUT2D eigenvalue weighted by atomic mass is 16.6. The van der Waals surface area contributed by atoms with Gasteiger partial charge in [-0.1, -0.05) is 62.6 Å². The van der Waals surface area contributed by atoms with Gasteiger partial charge in [-0.05, 0) is 38.5 Å². The maximum absolute atomic E-state index is 10.9. The van der Waals surface area contributed by atoms with Crippen molar-refractivity contribution in [3.05, 3.63) is 36.5 Å².